The smallest absolute Gasteiger partial charge is 0.255 e. The SMILES string of the molecule is COc1cccc(Nc2nc(-c3ccc(NC(=O)c4cc(OC)cc(OC)c4)cc3)cs2)c1. The second-order valence-electron chi connectivity index (χ2n) is 7.03. The van der Waals surface area contributed by atoms with Crippen LogP contribution in [0.3, 0.4) is 0 Å². The molecule has 0 saturated carbocycles. The summed E-state index contributed by atoms with van der Waals surface area (Å²) in [6.07, 6.45) is 0. The van der Waals surface area contributed by atoms with E-state index < -0.39 is 0 Å². The van der Waals surface area contributed by atoms with Crippen LogP contribution in [0.15, 0.2) is 72.1 Å². The number of carbonyl (C=O) groups excluding carboxylic acids is 1. The number of hydrogen-bond donors (Lipinski definition) is 2. The van der Waals surface area contributed by atoms with Crippen LogP contribution in [-0.4, -0.2) is 32.2 Å². The molecule has 0 aliphatic heterocycles. The summed E-state index contributed by atoms with van der Waals surface area (Å²) in [6, 6.07) is 20.3. The molecule has 33 heavy (non-hydrogen) atoms. The number of amides is 1. The molecule has 0 aliphatic carbocycles. The highest BCUT2D eigenvalue weighted by molar-refractivity contribution is 7.14. The number of benzene rings is 3. The Balaban J connectivity index is 1.44. The van der Waals surface area contributed by atoms with E-state index in [0.717, 1.165) is 27.8 Å². The van der Waals surface area contributed by atoms with E-state index in [1.807, 2.05) is 53.9 Å². The average molecular weight is 462 g/mol. The molecule has 1 amide bonds. The Bertz CT molecular complexity index is 1230. The lowest BCUT2D eigenvalue weighted by Crippen LogP contribution is -2.12. The molecular weight excluding hydrogens is 438 g/mol. The number of anilines is 3. The Morgan fingerprint density at radius 1 is 0.818 bits per heavy atom. The number of methoxy groups -OCH3 is 3. The van der Waals surface area contributed by atoms with Crippen molar-refractivity contribution in [2.45, 2.75) is 0 Å². The van der Waals surface area contributed by atoms with E-state index in [-0.39, 0.29) is 5.91 Å². The quantitative estimate of drug-likeness (QED) is 0.343. The lowest BCUT2D eigenvalue weighted by Gasteiger charge is -2.09. The lowest BCUT2D eigenvalue weighted by atomic mass is 10.1. The highest BCUT2D eigenvalue weighted by Gasteiger charge is 2.11. The van der Waals surface area contributed by atoms with Gasteiger partial charge in [-0.05, 0) is 36.4 Å². The molecule has 168 valence electrons. The number of aromatic nitrogens is 1. The maximum absolute atomic E-state index is 12.7. The Kier molecular flexibility index (Phi) is 6.75. The summed E-state index contributed by atoms with van der Waals surface area (Å²) < 4.78 is 15.7. The number of rotatable bonds is 8. The summed E-state index contributed by atoms with van der Waals surface area (Å²) in [5, 5.41) is 8.95. The second kappa shape index (κ2) is 10.1. The first kappa shape index (κ1) is 22.2. The molecule has 0 bridgehead atoms. The average Bonchev–Trinajstić information content (AvgIpc) is 3.32. The van der Waals surface area contributed by atoms with Crippen molar-refractivity contribution in [2.75, 3.05) is 32.0 Å². The largest absolute Gasteiger partial charge is 0.497 e. The van der Waals surface area contributed by atoms with Crippen molar-refractivity contribution in [2.24, 2.45) is 0 Å². The second-order valence-corrected chi connectivity index (χ2v) is 7.89. The summed E-state index contributed by atoms with van der Waals surface area (Å²) in [6.45, 7) is 0. The van der Waals surface area contributed by atoms with E-state index in [9.17, 15) is 4.79 Å². The van der Waals surface area contributed by atoms with Crippen LogP contribution in [0.1, 0.15) is 10.4 Å². The highest BCUT2D eigenvalue weighted by atomic mass is 32.1. The molecule has 1 heterocycles. The van der Waals surface area contributed by atoms with Gasteiger partial charge in [0.15, 0.2) is 5.13 Å². The minimum atomic E-state index is -0.251. The van der Waals surface area contributed by atoms with Gasteiger partial charge in [0.1, 0.15) is 17.2 Å². The molecule has 0 atom stereocenters. The van der Waals surface area contributed by atoms with Gasteiger partial charge in [-0.25, -0.2) is 4.98 Å². The molecule has 7 nitrogen and oxygen atoms in total. The predicted octanol–water partition coefficient (Wildman–Crippen LogP) is 5.83. The van der Waals surface area contributed by atoms with Crippen molar-refractivity contribution < 1.29 is 19.0 Å². The highest BCUT2D eigenvalue weighted by Crippen LogP contribution is 2.29. The minimum Gasteiger partial charge on any atom is -0.497 e. The number of thiazole rings is 1. The predicted molar refractivity (Wildman–Crippen MR) is 131 cm³/mol. The molecule has 0 saturated heterocycles. The zero-order valence-corrected chi connectivity index (χ0v) is 19.2. The number of carbonyl (C=O) groups is 1. The third-order valence-corrected chi connectivity index (χ3v) is 5.64. The van der Waals surface area contributed by atoms with Crippen molar-refractivity contribution >= 4 is 33.8 Å². The van der Waals surface area contributed by atoms with E-state index in [1.165, 1.54) is 11.3 Å². The van der Waals surface area contributed by atoms with Crippen LogP contribution in [0.4, 0.5) is 16.5 Å². The van der Waals surface area contributed by atoms with Gasteiger partial charge < -0.3 is 24.8 Å². The zero-order valence-electron chi connectivity index (χ0n) is 18.4. The molecule has 0 fully saturated rings. The topological polar surface area (TPSA) is 81.7 Å². The maximum atomic E-state index is 12.7. The molecule has 0 unspecified atom stereocenters. The standard InChI is InChI=1S/C25H23N3O4S/c1-30-20-6-4-5-19(13-20)27-25-28-23(15-33-25)16-7-9-18(10-8-16)26-24(29)17-11-21(31-2)14-22(12-17)32-3/h4-15H,1-3H3,(H,26,29)(H,27,28). The Labute approximate surface area is 196 Å². The number of hydrogen-bond acceptors (Lipinski definition) is 7. The Morgan fingerprint density at radius 3 is 2.18 bits per heavy atom. The van der Waals surface area contributed by atoms with Crippen molar-refractivity contribution in [1.29, 1.82) is 0 Å². The van der Waals surface area contributed by atoms with Crippen molar-refractivity contribution in [3.63, 3.8) is 0 Å². The van der Waals surface area contributed by atoms with Crippen LogP contribution in [-0.2, 0) is 0 Å². The molecule has 2 N–H and O–H groups in total. The van der Waals surface area contributed by atoms with Gasteiger partial charge in [-0.15, -0.1) is 11.3 Å². The van der Waals surface area contributed by atoms with Gasteiger partial charge in [0, 0.05) is 40.0 Å². The Hall–Kier alpha value is -4.04. The van der Waals surface area contributed by atoms with Crippen LogP contribution in [0.25, 0.3) is 11.3 Å². The first-order chi connectivity index (χ1) is 16.1. The summed E-state index contributed by atoms with van der Waals surface area (Å²) >= 11 is 1.52. The Morgan fingerprint density at radius 2 is 1.52 bits per heavy atom. The third kappa shape index (κ3) is 5.42. The summed E-state index contributed by atoms with van der Waals surface area (Å²) in [7, 11) is 4.73. The minimum absolute atomic E-state index is 0.251. The van der Waals surface area contributed by atoms with Crippen LogP contribution in [0.5, 0.6) is 17.2 Å². The van der Waals surface area contributed by atoms with Crippen LogP contribution < -0.4 is 24.8 Å². The summed E-state index contributed by atoms with van der Waals surface area (Å²) in [5.41, 5.74) is 3.83. The molecule has 4 aromatic rings. The van der Waals surface area contributed by atoms with Crippen LogP contribution in [0.2, 0.25) is 0 Å². The van der Waals surface area contributed by atoms with Gasteiger partial charge in [-0.3, -0.25) is 4.79 Å². The van der Waals surface area contributed by atoms with Crippen molar-refractivity contribution in [3.05, 3.63) is 77.7 Å². The first-order valence-corrected chi connectivity index (χ1v) is 11.0. The van der Waals surface area contributed by atoms with Crippen LogP contribution >= 0.6 is 11.3 Å². The van der Waals surface area contributed by atoms with Crippen LogP contribution in [0, 0.1) is 0 Å². The fourth-order valence-corrected chi connectivity index (χ4v) is 3.89. The molecule has 8 heteroatoms. The number of ether oxygens (including phenoxy) is 3. The van der Waals surface area contributed by atoms with Crippen molar-refractivity contribution in [3.8, 4) is 28.5 Å². The first-order valence-electron chi connectivity index (χ1n) is 10.1. The lowest BCUT2D eigenvalue weighted by molar-refractivity contribution is 0.102. The zero-order chi connectivity index (χ0) is 23.2. The van der Waals surface area contributed by atoms with Gasteiger partial charge in [-0.1, -0.05) is 18.2 Å². The molecule has 0 aliphatic rings. The maximum Gasteiger partial charge on any atom is 0.255 e. The van der Waals surface area contributed by atoms with Gasteiger partial charge in [0.2, 0.25) is 0 Å². The van der Waals surface area contributed by atoms with E-state index in [0.29, 0.717) is 22.7 Å². The molecule has 4 rings (SSSR count). The van der Waals surface area contributed by atoms with E-state index in [2.05, 4.69) is 15.6 Å². The summed E-state index contributed by atoms with van der Waals surface area (Å²) in [5.74, 6) is 1.63. The molecule has 3 aromatic carbocycles. The normalized spacial score (nSPS) is 10.4. The van der Waals surface area contributed by atoms with Crippen molar-refractivity contribution in [1.82, 2.24) is 4.98 Å². The summed E-state index contributed by atoms with van der Waals surface area (Å²) in [4.78, 5) is 17.3. The molecule has 1 aromatic heterocycles. The van der Waals surface area contributed by atoms with E-state index >= 15 is 0 Å². The van der Waals surface area contributed by atoms with Gasteiger partial charge >= 0.3 is 0 Å². The van der Waals surface area contributed by atoms with E-state index in [4.69, 9.17) is 14.2 Å². The third-order valence-electron chi connectivity index (χ3n) is 4.88. The molecule has 0 spiro atoms. The molecule has 0 radical (unpaired) electrons. The molecular formula is C25H23N3O4S. The fourth-order valence-electron chi connectivity index (χ4n) is 3.15. The monoisotopic (exact) mass is 461 g/mol. The van der Waals surface area contributed by atoms with Gasteiger partial charge in [0.05, 0.1) is 27.0 Å². The van der Waals surface area contributed by atoms with Gasteiger partial charge in [0.25, 0.3) is 5.91 Å². The number of nitrogens with zero attached hydrogens (tertiary/aromatic N) is 1. The van der Waals surface area contributed by atoms with Gasteiger partial charge in [-0.2, -0.15) is 0 Å². The number of nitrogens with one attached hydrogen (secondary N) is 2. The fraction of sp³-hybridized carbons (Fsp3) is 0.120. The van der Waals surface area contributed by atoms with E-state index in [1.54, 1.807) is 39.5 Å².